The van der Waals surface area contributed by atoms with Crippen molar-refractivity contribution in [3.8, 4) is 11.5 Å². The van der Waals surface area contributed by atoms with Crippen molar-refractivity contribution < 1.29 is 33.8 Å². The Hall–Kier alpha value is -4.57. The minimum atomic E-state index is -1.00. The molecule has 0 aliphatic carbocycles. The first-order valence-electron chi connectivity index (χ1n) is 22.7. The molecule has 4 aromatic rings. The lowest BCUT2D eigenvalue weighted by molar-refractivity contribution is -0.119. The average Bonchev–Trinajstić information content (AvgIpc) is 3.84. The van der Waals surface area contributed by atoms with Crippen molar-refractivity contribution >= 4 is 111 Å². The smallest absolute Gasteiger partial charge is 0.258 e. The normalized spacial score (nSPS) is 18.6. The van der Waals surface area contributed by atoms with E-state index in [-0.39, 0.29) is 42.5 Å². The molecule has 2 atom stereocenters. The quantitative estimate of drug-likeness (QED) is 0.112. The summed E-state index contributed by atoms with van der Waals surface area (Å²) in [4.78, 5) is 57.6. The second-order valence-electron chi connectivity index (χ2n) is 17.0. The van der Waals surface area contributed by atoms with E-state index in [1.54, 1.807) is 65.6 Å². The largest absolute Gasteiger partial charge is 0.490 e. The van der Waals surface area contributed by atoms with Crippen LogP contribution >= 0.6 is 58.8 Å². The van der Waals surface area contributed by atoms with Crippen LogP contribution in [-0.2, 0) is 19.2 Å². The van der Waals surface area contributed by atoms with Gasteiger partial charge in [0.25, 0.3) is 5.91 Å². The van der Waals surface area contributed by atoms with E-state index in [4.69, 9.17) is 55.9 Å². The van der Waals surface area contributed by atoms with Gasteiger partial charge in [-0.1, -0.05) is 77.5 Å². The minimum Gasteiger partial charge on any atom is -0.490 e. The molecule has 4 aliphatic rings. The topological polar surface area (TPSA) is 144 Å². The highest BCUT2D eigenvalue weighted by Gasteiger charge is 2.41. The molecule has 8 rings (SSSR count). The molecule has 0 radical (unpaired) electrons. The standard InChI is InChI=1S/C25H29Cl2N3O4.C25H27Cl2N3O3.ClH/c1-16(31)28-22-8-6-18(14-23(22)34-12-11-29-9-3-2-4-10-29)30-24(32)15-19(25(30)33)17-5-7-20(26)21(27)13-17;1-17(31)28-23-8-6-19(16-24(23)33-14-13-29-10-3-2-4-11-29)30-12-9-20(25(30)32)18-5-7-21(26)22(27)15-18;/h5-8,13-14,19,24,32H,2-4,9-12,15H2,1H3,(H,28,31);5-9,15-16H,2-4,10-14H2,1H3,(H,28,31);1H. The summed E-state index contributed by atoms with van der Waals surface area (Å²) in [6.45, 7) is 10.2. The zero-order valence-corrected chi connectivity index (χ0v) is 41.9. The molecule has 4 aliphatic heterocycles. The van der Waals surface area contributed by atoms with Crippen LogP contribution in [0.5, 0.6) is 11.5 Å². The maximum atomic E-state index is 13.3. The SMILES string of the molecule is CC(=O)Nc1ccc(N2C(=O)C(c3ccc(Cl)c(Cl)c3)CC2O)cc1OCCN1CCCCC1.CC(=O)Nc1ccc(N2CC=C(c3ccc(Cl)c(Cl)c3)C2=O)cc1OCCN1CCCCC1.Cl. The number of likely N-dealkylation sites (tertiary alicyclic amines) is 2. The van der Waals surface area contributed by atoms with Gasteiger partial charge in [-0.15, -0.1) is 12.4 Å². The van der Waals surface area contributed by atoms with Crippen LogP contribution in [0.3, 0.4) is 0 Å². The predicted molar refractivity (Wildman–Crippen MR) is 274 cm³/mol. The van der Waals surface area contributed by atoms with Crippen LogP contribution < -0.4 is 29.9 Å². The summed E-state index contributed by atoms with van der Waals surface area (Å²) in [5, 5.41) is 18.0. The average molecular weight is 1030 g/mol. The number of rotatable bonds is 14. The molecule has 364 valence electrons. The summed E-state index contributed by atoms with van der Waals surface area (Å²) in [5.41, 5.74) is 4.33. The number of hydrogen-bond donors (Lipinski definition) is 3. The number of amides is 4. The van der Waals surface area contributed by atoms with Crippen LogP contribution in [0.4, 0.5) is 22.7 Å². The molecule has 0 bridgehead atoms. The third-order valence-corrected chi connectivity index (χ3v) is 13.7. The van der Waals surface area contributed by atoms with Crippen molar-refractivity contribution in [2.75, 3.05) is 79.5 Å². The molecule has 3 fully saturated rings. The van der Waals surface area contributed by atoms with Gasteiger partial charge in [0.15, 0.2) is 0 Å². The third-order valence-electron chi connectivity index (χ3n) is 12.2. The number of hydrogen-bond acceptors (Lipinski definition) is 9. The summed E-state index contributed by atoms with van der Waals surface area (Å²) in [6, 6.07) is 20.7. The summed E-state index contributed by atoms with van der Waals surface area (Å²) < 4.78 is 12.1. The van der Waals surface area contributed by atoms with Crippen molar-refractivity contribution in [1.82, 2.24) is 9.80 Å². The maximum absolute atomic E-state index is 13.3. The first-order chi connectivity index (χ1) is 32.2. The van der Waals surface area contributed by atoms with E-state index >= 15 is 0 Å². The minimum absolute atomic E-state index is 0. The van der Waals surface area contributed by atoms with Crippen LogP contribution in [0.15, 0.2) is 78.9 Å². The number of piperidine rings is 2. The molecule has 3 N–H and O–H groups in total. The molecular formula is C50H57Cl5N6O7. The zero-order chi connectivity index (χ0) is 47.6. The van der Waals surface area contributed by atoms with E-state index in [9.17, 15) is 24.3 Å². The second-order valence-corrected chi connectivity index (χ2v) is 18.7. The van der Waals surface area contributed by atoms with Crippen LogP contribution in [-0.4, -0.2) is 104 Å². The van der Waals surface area contributed by atoms with Crippen molar-refractivity contribution in [1.29, 1.82) is 0 Å². The van der Waals surface area contributed by atoms with E-state index in [0.717, 1.165) is 44.8 Å². The fourth-order valence-electron chi connectivity index (χ4n) is 8.76. The monoisotopic (exact) mass is 1030 g/mol. The van der Waals surface area contributed by atoms with Gasteiger partial charge in [-0.2, -0.15) is 0 Å². The number of ether oxygens (including phenoxy) is 2. The Balaban J connectivity index is 0.000000221. The number of aliphatic hydroxyl groups is 1. The highest BCUT2D eigenvalue weighted by atomic mass is 35.5. The molecule has 18 heteroatoms. The molecule has 0 aromatic heterocycles. The Bertz CT molecular complexity index is 2480. The molecule has 4 aromatic carbocycles. The fraction of sp³-hybridized carbons (Fsp3) is 0.400. The van der Waals surface area contributed by atoms with E-state index in [2.05, 4.69) is 20.4 Å². The van der Waals surface area contributed by atoms with Crippen molar-refractivity contribution in [2.24, 2.45) is 0 Å². The Morgan fingerprint density at radius 2 is 1.18 bits per heavy atom. The molecule has 4 amide bonds. The molecule has 4 heterocycles. The highest BCUT2D eigenvalue weighted by molar-refractivity contribution is 6.42. The summed E-state index contributed by atoms with van der Waals surface area (Å²) in [5.74, 6) is -0.283. The van der Waals surface area contributed by atoms with Crippen LogP contribution in [0.2, 0.25) is 20.1 Å². The maximum Gasteiger partial charge on any atom is 0.258 e. The summed E-state index contributed by atoms with van der Waals surface area (Å²) in [7, 11) is 0. The lowest BCUT2D eigenvalue weighted by Gasteiger charge is -2.26. The number of nitrogens with one attached hydrogen (secondary N) is 2. The molecular weight excluding hydrogens is 974 g/mol. The molecule has 3 saturated heterocycles. The van der Waals surface area contributed by atoms with Gasteiger partial charge < -0.3 is 30.1 Å². The summed E-state index contributed by atoms with van der Waals surface area (Å²) >= 11 is 24.3. The van der Waals surface area contributed by atoms with Gasteiger partial charge in [-0.05, 0) is 112 Å². The second kappa shape index (κ2) is 24.8. The number of halogens is 5. The van der Waals surface area contributed by atoms with Gasteiger partial charge in [0.2, 0.25) is 17.7 Å². The van der Waals surface area contributed by atoms with Gasteiger partial charge >= 0.3 is 0 Å². The lowest BCUT2D eigenvalue weighted by atomic mass is 9.97. The molecule has 68 heavy (non-hydrogen) atoms. The first kappa shape index (κ1) is 52.8. The molecule has 2 unspecified atom stereocenters. The van der Waals surface area contributed by atoms with Gasteiger partial charge in [-0.3, -0.25) is 33.9 Å². The van der Waals surface area contributed by atoms with E-state index in [1.165, 1.54) is 57.3 Å². The predicted octanol–water partition coefficient (Wildman–Crippen LogP) is 10.3. The van der Waals surface area contributed by atoms with E-state index in [0.29, 0.717) is 85.2 Å². The highest BCUT2D eigenvalue weighted by Crippen LogP contribution is 2.40. The molecule has 0 saturated carbocycles. The Morgan fingerprint density at radius 1 is 0.662 bits per heavy atom. The third kappa shape index (κ3) is 13.6. The van der Waals surface area contributed by atoms with Crippen molar-refractivity contribution in [3.63, 3.8) is 0 Å². The number of aliphatic hydroxyl groups excluding tert-OH is 1. The number of benzene rings is 4. The van der Waals surface area contributed by atoms with Gasteiger partial charge in [0, 0.05) is 63.3 Å². The van der Waals surface area contributed by atoms with E-state index in [1.807, 2.05) is 18.2 Å². The lowest BCUT2D eigenvalue weighted by Crippen LogP contribution is -2.34. The zero-order valence-electron chi connectivity index (χ0n) is 38.1. The summed E-state index contributed by atoms with van der Waals surface area (Å²) in [6.07, 6.45) is 8.49. The van der Waals surface area contributed by atoms with E-state index < -0.39 is 12.1 Å². The number of nitrogens with zero attached hydrogens (tertiary/aromatic N) is 4. The number of carbonyl (C=O) groups excluding carboxylic acids is 4. The fourth-order valence-corrected chi connectivity index (χ4v) is 9.37. The van der Waals surface area contributed by atoms with Crippen LogP contribution in [0.25, 0.3) is 5.57 Å². The molecule has 0 spiro atoms. The Labute approximate surface area is 424 Å². The number of carbonyl (C=O) groups is 4. The molecule has 13 nitrogen and oxygen atoms in total. The van der Waals surface area contributed by atoms with Crippen LogP contribution in [0, 0.1) is 0 Å². The Morgan fingerprint density at radius 3 is 1.71 bits per heavy atom. The number of anilines is 4. The van der Waals surface area contributed by atoms with Crippen LogP contribution in [0.1, 0.15) is 75.8 Å². The van der Waals surface area contributed by atoms with Gasteiger partial charge in [0.1, 0.15) is 30.9 Å². The first-order valence-corrected chi connectivity index (χ1v) is 24.2. The van der Waals surface area contributed by atoms with Gasteiger partial charge in [-0.25, -0.2) is 0 Å². The van der Waals surface area contributed by atoms with Crippen molar-refractivity contribution in [2.45, 2.75) is 70.9 Å². The Kier molecular flexibility index (Phi) is 19.3. The van der Waals surface area contributed by atoms with Gasteiger partial charge in [0.05, 0.1) is 43.1 Å². The van der Waals surface area contributed by atoms with Crippen molar-refractivity contribution in [3.05, 3.63) is 110 Å².